The van der Waals surface area contributed by atoms with Gasteiger partial charge in [-0.15, -0.1) is 0 Å². The van der Waals surface area contributed by atoms with Crippen molar-refractivity contribution in [3.05, 3.63) is 47.5 Å². The van der Waals surface area contributed by atoms with Crippen LogP contribution >= 0.6 is 0 Å². The zero-order valence-corrected chi connectivity index (χ0v) is 9.58. The Hall–Kier alpha value is -1.83. The summed E-state index contributed by atoms with van der Waals surface area (Å²) in [6, 6.07) is 12.6. The molecule has 0 radical (unpaired) electrons. The van der Waals surface area contributed by atoms with Crippen molar-refractivity contribution in [1.82, 2.24) is 5.32 Å². The van der Waals surface area contributed by atoms with Crippen molar-refractivity contribution < 1.29 is 4.79 Å². The Kier molecular flexibility index (Phi) is 2.91. The Morgan fingerprint density at radius 3 is 2.56 bits per heavy atom. The van der Waals surface area contributed by atoms with Gasteiger partial charge in [-0.3, -0.25) is 4.79 Å². The van der Waals surface area contributed by atoms with Crippen LogP contribution in [0.15, 0.2) is 36.4 Å². The lowest BCUT2D eigenvalue weighted by Gasteiger charge is -2.05. The molecule has 0 atom stereocenters. The van der Waals surface area contributed by atoms with Gasteiger partial charge in [0.2, 0.25) is 5.91 Å². The maximum absolute atomic E-state index is 10.8. The quantitative estimate of drug-likeness (QED) is 0.816. The minimum atomic E-state index is 0.00371. The summed E-state index contributed by atoms with van der Waals surface area (Å²) in [5.74, 6) is 0.00371. The van der Waals surface area contributed by atoms with Gasteiger partial charge in [0.25, 0.3) is 0 Å². The Labute approximate surface area is 95.3 Å². The van der Waals surface area contributed by atoms with Crippen LogP contribution in [-0.4, -0.2) is 5.91 Å². The van der Waals surface area contributed by atoms with Crippen LogP contribution in [0.25, 0.3) is 10.8 Å². The highest BCUT2D eigenvalue weighted by molar-refractivity contribution is 5.84. The van der Waals surface area contributed by atoms with Crippen molar-refractivity contribution in [3.8, 4) is 0 Å². The molecule has 1 amide bonds. The van der Waals surface area contributed by atoms with Gasteiger partial charge >= 0.3 is 0 Å². The maximum atomic E-state index is 10.8. The van der Waals surface area contributed by atoms with E-state index in [0.29, 0.717) is 6.54 Å². The second-order valence-corrected chi connectivity index (χ2v) is 4.09. The predicted molar refractivity (Wildman–Crippen MR) is 66.2 cm³/mol. The fourth-order valence-electron chi connectivity index (χ4n) is 1.75. The highest BCUT2D eigenvalue weighted by Crippen LogP contribution is 2.17. The smallest absolute Gasteiger partial charge is 0.217 e. The zero-order valence-electron chi connectivity index (χ0n) is 9.58. The molecule has 2 aromatic carbocycles. The summed E-state index contributed by atoms with van der Waals surface area (Å²) < 4.78 is 0. The lowest BCUT2D eigenvalue weighted by atomic mass is 10.0. The number of hydrogen-bond acceptors (Lipinski definition) is 1. The van der Waals surface area contributed by atoms with Gasteiger partial charge in [-0.25, -0.2) is 0 Å². The van der Waals surface area contributed by atoms with Crippen molar-refractivity contribution in [2.75, 3.05) is 0 Å². The molecule has 1 N–H and O–H groups in total. The fraction of sp³-hybridized carbons (Fsp3) is 0.214. The number of nitrogens with one attached hydrogen (secondary N) is 1. The second-order valence-electron chi connectivity index (χ2n) is 4.09. The van der Waals surface area contributed by atoms with Crippen LogP contribution in [0.4, 0.5) is 0 Å². The van der Waals surface area contributed by atoms with E-state index in [2.05, 4.69) is 48.6 Å². The number of carbonyl (C=O) groups is 1. The number of hydrogen-bond donors (Lipinski definition) is 1. The van der Waals surface area contributed by atoms with Crippen molar-refractivity contribution in [3.63, 3.8) is 0 Å². The molecule has 16 heavy (non-hydrogen) atoms. The average molecular weight is 213 g/mol. The molecule has 2 nitrogen and oxygen atoms in total. The molecule has 0 aliphatic carbocycles. The van der Waals surface area contributed by atoms with E-state index in [1.54, 1.807) is 0 Å². The second kappa shape index (κ2) is 4.35. The Balaban J connectivity index is 2.30. The number of fused-ring (bicyclic) bond motifs is 1. The third-order valence-electron chi connectivity index (χ3n) is 2.60. The number of aryl methyl sites for hydroxylation is 1. The normalized spacial score (nSPS) is 10.4. The monoisotopic (exact) mass is 213 g/mol. The lowest BCUT2D eigenvalue weighted by molar-refractivity contribution is -0.119. The summed E-state index contributed by atoms with van der Waals surface area (Å²) >= 11 is 0. The van der Waals surface area contributed by atoms with E-state index < -0.39 is 0 Å². The van der Waals surface area contributed by atoms with Crippen molar-refractivity contribution in [1.29, 1.82) is 0 Å². The molecular formula is C14H15NO. The summed E-state index contributed by atoms with van der Waals surface area (Å²) in [6.45, 7) is 4.22. The summed E-state index contributed by atoms with van der Waals surface area (Å²) in [5.41, 5.74) is 2.40. The molecule has 0 aromatic heterocycles. The lowest BCUT2D eigenvalue weighted by Crippen LogP contribution is -2.18. The van der Waals surface area contributed by atoms with Crippen LogP contribution in [0.3, 0.4) is 0 Å². The molecule has 2 aromatic rings. The molecule has 0 saturated carbocycles. The molecule has 0 saturated heterocycles. The molecule has 0 bridgehead atoms. The van der Waals surface area contributed by atoms with E-state index in [4.69, 9.17) is 0 Å². The number of amides is 1. The summed E-state index contributed by atoms with van der Waals surface area (Å²) in [4.78, 5) is 10.8. The minimum absolute atomic E-state index is 0.00371. The van der Waals surface area contributed by atoms with Gasteiger partial charge in [0, 0.05) is 13.5 Å². The minimum Gasteiger partial charge on any atom is -0.352 e. The number of rotatable bonds is 2. The van der Waals surface area contributed by atoms with Crippen LogP contribution < -0.4 is 5.32 Å². The molecule has 2 rings (SSSR count). The largest absolute Gasteiger partial charge is 0.352 e. The first-order valence-corrected chi connectivity index (χ1v) is 5.39. The molecule has 0 fully saturated rings. The van der Waals surface area contributed by atoms with E-state index >= 15 is 0 Å². The first-order chi connectivity index (χ1) is 7.65. The first kappa shape index (κ1) is 10.7. The summed E-state index contributed by atoms with van der Waals surface area (Å²) in [7, 11) is 0. The molecule has 0 aliphatic heterocycles. The van der Waals surface area contributed by atoms with E-state index in [-0.39, 0.29) is 5.91 Å². The third kappa shape index (κ3) is 2.40. The van der Waals surface area contributed by atoms with Crippen LogP contribution in [0.5, 0.6) is 0 Å². The highest BCUT2D eigenvalue weighted by Gasteiger charge is 1.98. The molecular weight excluding hydrogens is 198 g/mol. The van der Waals surface area contributed by atoms with Gasteiger partial charge in [-0.1, -0.05) is 35.9 Å². The Morgan fingerprint density at radius 1 is 1.12 bits per heavy atom. The van der Waals surface area contributed by atoms with Crippen LogP contribution in [0.2, 0.25) is 0 Å². The van der Waals surface area contributed by atoms with E-state index in [1.807, 2.05) is 0 Å². The van der Waals surface area contributed by atoms with E-state index in [1.165, 1.54) is 23.3 Å². The van der Waals surface area contributed by atoms with Crippen LogP contribution in [0.1, 0.15) is 18.1 Å². The van der Waals surface area contributed by atoms with Gasteiger partial charge < -0.3 is 5.32 Å². The van der Waals surface area contributed by atoms with Gasteiger partial charge in [-0.05, 0) is 29.3 Å². The fourth-order valence-corrected chi connectivity index (χ4v) is 1.75. The van der Waals surface area contributed by atoms with Gasteiger partial charge in [0.1, 0.15) is 0 Å². The standard InChI is InChI=1S/C14H15NO/c1-10-3-5-14-8-12(9-15-11(2)16)4-6-13(14)7-10/h3-8H,9H2,1-2H3,(H,15,16). The van der Waals surface area contributed by atoms with Gasteiger partial charge in [0.05, 0.1) is 0 Å². The molecule has 0 heterocycles. The number of carbonyl (C=O) groups excluding carboxylic acids is 1. The van der Waals surface area contributed by atoms with Crippen molar-refractivity contribution in [2.45, 2.75) is 20.4 Å². The Morgan fingerprint density at radius 2 is 1.81 bits per heavy atom. The molecule has 0 aliphatic rings. The third-order valence-corrected chi connectivity index (χ3v) is 2.60. The maximum Gasteiger partial charge on any atom is 0.217 e. The number of benzene rings is 2. The zero-order chi connectivity index (χ0) is 11.5. The van der Waals surface area contributed by atoms with E-state index in [0.717, 1.165) is 5.56 Å². The van der Waals surface area contributed by atoms with Crippen LogP contribution in [-0.2, 0) is 11.3 Å². The Bertz CT molecular complexity index is 531. The summed E-state index contributed by atoms with van der Waals surface area (Å²) in [5, 5.41) is 5.26. The SMILES string of the molecule is CC(=O)NCc1ccc2cc(C)ccc2c1. The van der Waals surface area contributed by atoms with Gasteiger partial charge in [-0.2, -0.15) is 0 Å². The van der Waals surface area contributed by atoms with Crippen LogP contribution in [0, 0.1) is 6.92 Å². The average Bonchev–Trinajstić information content (AvgIpc) is 2.26. The molecule has 0 spiro atoms. The topological polar surface area (TPSA) is 29.1 Å². The van der Waals surface area contributed by atoms with Crippen molar-refractivity contribution in [2.24, 2.45) is 0 Å². The summed E-state index contributed by atoms with van der Waals surface area (Å²) in [6.07, 6.45) is 0. The van der Waals surface area contributed by atoms with E-state index in [9.17, 15) is 4.79 Å². The van der Waals surface area contributed by atoms with Crippen molar-refractivity contribution >= 4 is 16.7 Å². The molecule has 0 unspecified atom stereocenters. The van der Waals surface area contributed by atoms with Gasteiger partial charge in [0.15, 0.2) is 0 Å². The molecule has 82 valence electrons. The highest BCUT2D eigenvalue weighted by atomic mass is 16.1. The molecule has 2 heteroatoms. The first-order valence-electron chi connectivity index (χ1n) is 5.39. The predicted octanol–water partition coefficient (Wildman–Crippen LogP) is 2.78.